The van der Waals surface area contributed by atoms with E-state index in [2.05, 4.69) is 28.3 Å². The molecular formula is C14H10FIO. The Kier molecular flexibility index (Phi) is 4.18. The molecular weight excluding hydrogens is 330 g/mol. The van der Waals surface area contributed by atoms with E-state index in [-0.39, 0.29) is 5.82 Å². The Hall–Kier alpha value is -1.32. The first-order valence-electron chi connectivity index (χ1n) is 5.13. The highest BCUT2D eigenvalue weighted by Gasteiger charge is 1.99. The SMILES string of the molecule is Fc1ccc(O/C=C(\I)CC2=C=CC=C2)cc1. The van der Waals surface area contributed by atoms with E-state index in [1.165, 1.54) is 12.1 Å². The van der Waals surface area contributed by atoms with Gasteiger partial charge in [0.25, 0.3) is 0 Å². The molecule has 3 heteroatoms. The Morgan fingerprint density at radius 3 is 2.76 bits per heavy atom. The lowest BCUT2D eigenvalue weighted by Gasteiger charge is -2.01. The van der Waals surface area contributed by atoms with Gasteiger partial charge in [-0.3, -0.25) is 0 Å². The molecule has 0 saturated heterocycles. The molecule has 17 heavy (non-hydrogen) atoms. The van der Waals surface area contributed by atoms with Gasteiger partial charge in [0.15, 0.2) is 0 Å². The summed E-state index contributed by atoms with van der Waals surface area (Å²) < 4.78 is 19.1. The Morgan fingerprint density at radius 1 is 1.35 bits per heavy atom. The molecule has 0 atom stereocenters. The summed E-state index contributed by atoms with van der Waals surface area (Å²) in [5.41, 5.74) is 4.26. The van der Waals surface area contributed by atoms with Crippen LogP contribution in [0.15, 0.2) is 63.6 Å². The molecule has 0 amide bonds. The largest absolute Gasteiger partial charge is 0.464 e. The van der Waals surface area contributed by atoms with Crippen LogP contribution in [0.2, 0.25) is 0 Å². The number of allylic oxidation sites excluding steroid dienone is 4. The van der Waals surface area contributed by atoms with E-state index >= 15 is 0 Å². The van der Waals surface area contributed by atoms with Crippen LogP contribution in [0.5, 0.6) is 5.75 Å². The maximum Gasteiger partial charge on any atom is 0.126 e. The van der Waals surface area contributed by atoms with Crippen molar-refractivity contribution in [2.24, 2.45) is 0 Å². The van der Waals surface area contributed by atoms with Crippen molar-refractivity contribution < 1.29 is 9.13 Å². The maximum atomic E-state index is 12.7. The van der Waals surface area contributed by atoms with E-state index in [0.29, 0.717) is 5.75 Å². The summed E-state index contributed by atoms with van der Waals surface area (Å²) in [6, 6.07) is 5.96. The molecule has 0 bridgehead atoms. The van der Waals surface area contributed by atoms with Gasteiger partial charge in [0, 0.05) is 10.0 Å². The molecule has 1 aliphatic rings. The van der Waals surface area contributed by atoms with Crippen molar-refractivity contribution in [3.63, 3.8) is 0 Å². The van der Waals surface area contributed by atoms with E-state index in [1.807, 2.05) is 18.2 Å². The lowest BCUT2D eigenvalue weighted by atomic mass is 10.2. The van der Waals surface area contributed by atoms with Crippen LogP contribution >= 0.6 is 22.6 Å². The predicted molar refractivity (Wildman–Crippen MR) is 74.5 cm³/mol. The molecule has 0 radical (unpaired) electrons. The molecule has 0 fully saturated rings. The summed E-state index contributed by atoms with van der Waals surface area (Å²) in [4.78, 5) is 0. The summed E-state index contributed by atoms with van der Waals surface area (Å²) in [5.74, 6) is 0.370. The molecule has 0 unspecified atom stereocenters. The zero-order valence-electron chi connectivity index (χ0n) is 8.99. The van der Waals surface area contributed by atoms with E-state index in [4.69, 9.17) is 4.74 Å². The molecule has 86 valence electrons. The number of rotatable bonds is 4. The van der Waals surface area contributed by atoms with Gasteiger partial charge in [0.1, 0.15) is 17.8 Å². The van der Waals surface area contributed by atoms with Crippen LogP contribution in [-0.2, 0) is 0 Å². The zero-order chi connectivity index (χ0) is 12.1. The van der Waals surface area contributed by atoms with Crippen molar-refractivity contribution in [3.05, 3.63) is 69.5 Å². The third-order valence-corrected chi connectivity index (χ3v) is 2.79. The van der Waals surface area contributed by atoms with Crippen LogP contribution in [0.3, 0.4) is 0 Å². The normalized spacial score (nSPS) is 14.0. The second kappa shape index (κ2) is 5.84. The molecule has 0 aliphatic heterocycles. The topological polar surface area (TPSA) is 9.23 Å². The number of hydrogen-bond acceptors (Lipinski definition) is 1. The van der Waals surface area contributed by atoms with Gasteiger partial charge in [-0.1, -0.05) is 12.2 Å². The maximum absolute atomic E-state index is 12.7. The average molecular weight is 340 g/mol. The summed E-state index contributed by atoms with van der Waals surface area (Å²) in [5, 5.41) is 0. The van der Waals surface area contributed by atoms with Gasteiger partial charge in [-0.05, 0) is 58.5 Å². The zero-order valence-corrected chi connectivity index (χ0v) is 11.1. The van der Waals surface area contributed by atoms with E-state index in [1.54, 1.807) is 18.4 Å². The van der Waals surface area contributed by atoms with Crippen LogP contribution < -0.4 is 4.74 Å². The Balaban J connectivity index is 1.93. The molecule has 1 nitrogen and oxygen atoms in total. The van der Waals surface area contributed by atoms with Gasteiger partial charge in [-0.2, -0.15) is 0 Å². The first kappa shape index (κ1) is 12.1. The van der Waals surface area contributed by atoms with Crippen LogP contribution in [0.4, 0.5) is 4.39 Å². The van der Waals surface area contributed by atoms with Crippen molar-refractivity contribution in [3.8, 4) is 5.75 Å². The molecule has 0 spiro atoms. The lowest BCUT2D eigenvalue weighted by Crippen LogP contribution is -1.85. The predicted octanol–water partition coefficient (Wildman–Crippen LogP) is 4.52. The fourth-order valence-electron chi connectivity index (χ4n) is 1.35. The number of hydrogen-bond donors (Lipinski definition) is 0. The second-order valence-corrected chi connectivity index (χ2v) is 4.89. The molecule has 0 heterocycles. The van der Waals surface area contributed by atoms with Crippen molar-refractivity contribution in [1.29, 1.82) is 0 Å². The highest BCUT2D eigenvalue weighted by molar-refractivity contribution is 14.1. The van der Waals surface area contributed by atoms with Crippen LogP contribution in [-0.4, -0.2) is 0 Å². The fourth-order valence-corrected chi connectivity index (χ4v) is 1.88. The van der Waals surface area contributed by atoms with E-state index in [0.717, 1.165) is 15.6 Å². The van der Waals surface area contributed by atoms with Crippen LogP contribution in [0.25, 0.3) is 0 Å². The Morgan fingerprint density at radius 2 is 2.12 bits per heavy atom. The highest BCUT2D eigenvalue weighted by atomic mass is 127. The molecule has 0 N–H and O–H groups in total. The third kappa shape index (κ3) is 3.88. The summed E-state index contributed by atoms with van der Waals surface area (Å²) >= 11 is 2.22. The first-order valence-corrected chi connectivity index (χ1v) is 6.21. The highest BCUT2D eigenvalue weighted by Crippen LogP contribution is 2.21. The number of halogens is 2. The van der Waals surface area contributed by atoms with Gasteiger partial charge in [-0.15, -0.1) is 5.73 Å². The molecule has 0 saturated carbocycles. The van der Waals surface area contributed by atoms with Crippen molar-refractivity contribution in [2.45, 2.75) is 6.42 Å². The van der Waals surface area contributed by atoms with Gasteiger partial charge in [-0.25, -0.2) is 4.39 Å². The van der Waals surface area contributed by atoms with Gasteiger partial charge < -0.3 is 4.74 Å². The first-order chi connectivity index (χ1) is 8.24. The molecule has 1 aromatic carbocycles. The quantitative estimate of drug-likeness (QED) is 0.445. The third-order valence-electron chi connectivity index (χ3n) is 2.16. The number of benzene rings is 1. The fraction of sp³-hybridized carbons (Fsp3) is 0.0714. The van der Waals surface area contributed by atoms with Gasteiger partial charge >= 0.3 is 0 Å². The average Bonchev–Trinajstić information content (AvgIpc) is 2.81. The Labute approximate surface area is 113 Å². The standard InChI is InChI=1S/C14H10FIO/c15-12-5-7-14(8-6-12)17-10-13(16)9-11-3-1-2-4-11/h1-3,5-8,10H,9H2/b13-10-. The van der Waals surface area contributed by atoms with E-state index in [9.17, 15) is 4.39 Å². The minimum Gasteiger partial charge on any atom is -0.464 e. The lowest BCUT2D eigenvalue weighted by molar-refractivity contribution is 0.477. The van der Waals surface area contributed by atoms with Crippen LogP contribution in [0, 0.1) is 5.82 Å². The van der Waals surface area contributed by atoms with Gasteiger partial charge in [0.05, 0.1) is 0 Å². The minimum absolute atomic E-state index is 0.262. The van der Waals surface area contributed by atoms with Crippen molar-refractivity contribution in [1.82, 2.24) is 0 Å². The van der Waals surface area contributed by atoms with Gasteiger partial charge in [0.2, 0.25) is 0 Å². The molecule has 1 aliphatic carbocycles. The van der Waals surface area contributed by atoms with E-state index < -0.39 is 0 Å². The summed E-state index contributed by atoms with van der Waals surface area (Å²) in [6.45, 7) is 0. The minimum atomic E-state index is -0.262. The second-order valence-electron chi connectivity index (χ2n) is 3.51. The molecule has 2 rings (SSSR count). The van der Waals surface area contributed by atoms with Crippen molar-refractivity contribution >= 4 is 22.6 Å². The van der Waals surface area contributed by atoms with Crippen molar-refractivity contribution in [2.75, 3.05) is 0 Å². The summed E-state index contributed by atoms with van der Waals surface area (Å²) in [6.07, 6.45) is 8.34. The molecule has 1 aromatic rings. The number of ether oxygens (including phenoxy) is 1. The molecule has 0 aromatic heterocycles. The smallest absolute Gasteiger partial charge is 0.126 e. The summed E-state index contributed by atoms with van der Waals surface area (Å²) in [7, 11) is 0. The monoisotopic (exact) mass is 340 g/mol. The van der Waals surface area contributed by atoms with Crippen LogP contribution in [0.1, 0.15) is 6.42 Å². The Bertz CT molecular complexity index is 520.